The Morgan fingerprint density at radius 3 is 2.38 bits per heavy atom. The van der Waals surface area contributed by atoms with Gasteiger partial charge in [0.2, 0.25) is 5.91 Å². The number of benzene rings is 2. The molecule has 0 aromatic heterocycles. The van der Waals surface area contributed by atoms with E-state index in [1.165, 1.54) is 5.56 Å². The topological polar surface area (TPSA) is 44.8 Å². The van der Waals surface area contributed by atoms with Crippen LogP contribution in [0.2, 0.25) is 0 Å². The van der Waals surface area contributed by atoms with E-state index in [0.717, 1.165) is 44.2 Å². The van der Waals surface area contributed by atoms with Crippen LogP contribution in [0.3, 0.4) is 0 Å². The lowest BCUT2D eigenvalue weighted by atomic mass is 10.2. The molecule has 0 bridgehead atoms. The van der Waals surface area contributed by atoms with Crippen molar-refractivity contribution in [2.75, 3.05) is 44.6 Å². The van der Waals surface area contributed by atoms with Crippen molar-refractivity contribution in [2.45, 2.75) is 20.0 Å². The minimum Gasteiger partial charge on any atom is -0.491 e. The zero-order valence-electron chi connectivity index (χ0n) is 17.4. The number of carbonyl (C=O) groups is 1. The molecule has 1 saturated heterocycles. The second kappa shape index (κ2) is 10.7. The minimum atomic E-state index is 0.145. The molecule has 5 heteroatoms. The van der Waals surface area contributed by atoms with E-state index in [4.69, 9.17) is 4.74 Å². The van der Waals surface area contributed by atoms with Gasteiger partial charge >= 0.3 is 0 Å². The Bertz CT molecular complexity index is 780. The molecule has 3 rings (SSSR count). The Morgan fingerprint density at radius 2 is 1.72 bits per heavy atom. The van der Waals surface area contributed by atoms with Gasteiger partial charge in [-0.1, -0.05) is 42.5 Å². The van der Waals surface area contributed by atoms with E-state index < -0.39 is 0 Å². The number of ether oxygens (including phenoxy) is 1. The predicted octanol–water partition coefficient (Wildman–Crippen LogP) is 3.74. The fourth-order valence-electron chi connectivity index (χ4n) is 3.29. The molecule has 0 radical (unpaired) electrons. The smallest absolute Gasteiger partial charge is 0.241 e. The highest BCUT2D eigenvalue weighted by Crippen LogP contribution is 2.17. The summed E-state index contributed by atoms with van der Waals surface area (Å²) < 4.78 is 5.64. The van der Waals surface area contributed by atoms with Gasteiger partial charge in [-0.05, 0) is 43.7 Å². The summed E-state index contributed by atoms with van der Waals surface area (Å²) in [5, 5.41) is 3.21. The van der Waals surface area contributed by atoms with Crippen LogP contribution >= 0.6 is 0 Å². The Kier molecular flexibility index (Phi) is 7.70. The fraction of sp³-hybridized carbons (Fsp3) is 0.375. The van der Waals surface area contributed by atoms with Crippen molar-refractivity contribution >= 4 is 17.7 Å². The minimum absolute atomic E-state index is 0.145. The van der Waals surface area contributed by atoms with Crippen molar-refractivity contribution in [1.82, 2.24) is 9.80 Å². The maximum absolute atomic E-state index is 12.5. The van der Waals surface area contributed by atoms with E-state index in [-0.39, 0.29) is 12.0 Å². The van der Waals surface area contributed by atoms with Gasteiger partial charge in [-0.15, -0.1) is 0 Å². The molecule has 5 nitrogen and oxygen atoms in total. The molecule has 0 unspecified atom stereocenters. The molecule has 0 saturated carbocycles. The van der Waals surface area contributed by atoms with E-state index in [2.05, 4.69) is 34.5 Å². The van der Waals surface area contributed by atoms with Gasteiger partial charge in [0.15, 0.2) is 0 Å². The molecule has 1 N–H and O–H groups in total. The van der Waals surface area contributed by atoms with Crippen LogP contribution in [-0.4, -0.2) is 61.1 Å². The first-order valence-corrected chi connectivity index (χ1v) is 10.3. The largest absolute Gasteiger partial charge is 0.491 e. The summed E-state index contributed by atoms with van der Waals surface area (Å²) >= 11 is 0. The lowest BCUT2D eigenvalue weighted by molar-refractivity contribution is -0.130. The van der Waals surface area contributed by atoms with E-state index in [9.17, 15) is 4.79 Å². The van der Waals surface area contributed by atoms with Crippen LogP contribution in [0.15, 0.2) is 60.7 Å². The average molecular weight is 394 g/mol. The summed E-state index contributed by atoms with van der Waals surface area (Å²) in [6.45, 7) is 8.62. The zero-order chi connectivity index (χ0) is 20.5. The van der Waals surface area contributed by atoms with Crippen LogP contribution in [0, 0.1) is 0 Å². The number of piperazine rings is 1. The molecule has 0 atom stereocenters. The number of hydrogen-bond donors (Lipinski definition) is 1. The van der Waals surface area contributed by atoms with Crippen LogP contribution in [0.5, 0.6) is 5.75 Å². The van der Waals surface area contributed by atoms with Gasteiger partial charge in [0.1, 0.15) is 5.75 Å². The first kappa shape index (κ1) is 20.9. The summed E-state index contributed by atoms with van der Waals surface area (Å²) in [7, 11) is 0. The second-order valence-electron chi connectivity index (χ2n) is 7.54. The standard InChI is InChI=1S/C24H31N3O2/c1-20(2)29-23-12-10-22(11-13-23)25-19-24(28)27-17-15-26(16-18-27)14-6-9-21-7-4-3-5-8-21/h3-13,20,25H,14-19H2,1-2H3/b9-6+. The van der Waals surface area contributed by atoms with Gasteiger partial charge in [-0.2, -0.15) is 0 Å². The van der Waals surface area contributed by atoms with Crippen molar-refractivity contribution in [1.29, 1.82) is 0 Å². The fourth-order valence-corrected chi connectivity index (χ4v) is 3.29. The molecule has 1 aliphatic heterocycles. The molecule has 1 aliphatic rings. The summed E-state index contributed by atoms with van der Waals surface area (Å²) in [4.78, 5) is 16.8. The molecule has 154 valence electrons. The first-order chi connectivity index (χ1) is 14.1. The molecule has 1 fully saturated rings. The summed E-state index contributed by atoms with van der Waals surface area (Å²) in [5.74, 6) is 0.987. The highest BCUT2D eigenvalue weighted by Gasteiger charge is 2.20. The quantitative estimate of drug-likeness (QED) is 0.742. The number of anilines is 1. The van der Waals surface area contributed by atoms with E-state index in [0.29, 0.717) is 6.54 Å². The van der Waals surface area contributed by atoms with Crippen molar-refractivity contribution < 1.29 is 9.53 Å². The second-order valence-corrected chi connectivity index (χ2v) is 7.54. The number of nitrogens with one attached hydrogen (secondary N) is 1. The van der Waals surface area contributed by atoms with Gasteiger partial charge in [-0.25, -0.2) is 0 Å². The van der Waals surface area contributed by atoms with Crippen LogP contribution in [0.4, 0.5) is 5.69 Å². The van der Waals surface area contributed by atoms with Crippen LogP contribution in [0.1, 0.15) is 19.4 Å². The average Bonchev–Trinajstić information content (AvgIpc) is 2.74. The van der Waals surface area contributed by atoms with E-state index >= 15 is 0 Å². The molecular formula is C24H31N3O2. The van der Waals surface area contributed by atoms with Gasteiger partial charge in [0, 0.05) is 38.4 Å². The molecule has 0 aliphatic carbocycles. The number of carbonyl (C=O) groups excluding carboxylic acids is 1. The molecule has 1 heterocycles. The molecular weight excluding hydrogens is 362 g/mol. The third-order valence-electron chi connectivity index (χ3n) is 4.87. The lowest BCUT2D eigenvalue weighted by Crippen LogP contribution is -2.50. The van der Waals surface area contributed by atoms with Gasteiger partial charge in [0.05, 0.1) is 12.6 Å². The predicted molar refractivity (Wildman–Crippen MR) is 119 cm³/mol. The third-order valence-corrected chi connectivity index (χ3v) is 4.87. The summed E-state index contributed by atoms with van der Waals surface area (Å²) in [6.07, 6.45) is 4.50. The Hall–Kier alpha value is -2.79. The number of hydrogen-bond acceptors (Lipinski definition) is 4. The summed E-state index contributed by atoms with van der Waals surface area (Å²) in [5.41, 5.74) is 2.15. The molecule has 0 spiro atoms. The summed E-state index contributed by atoms with van der Waals surface area (Å²) in [6, 6.07) is 18.1. The highest BCUT2D eigenvalue weighted by atomic mass is 16.5. The highest BCUT2D eigenvalue weighted by molar-refractivity contribution is 5.81. The number of amides is 1. The van der Waals surface area contributed by atoms with Crippen LogP contribution in [-0.2, 0) is 4.79 Å². The normalized spacial score (nSPS) is 15.1. The third kappa shape index (κ3) is 6.95. The van der Waals surface area contributed by atoms with E-state index in [1.807, 2.05) is 61.2 Å². The van der Waals surface area contributed by atoms with Crippen LogP contribution < -0.4 is 10.1 Å². The Balaban J connectivity index is 1.37. The van der Waals surface area contributed by atoms with Gasteiger partial charge < -0.3 is 15.0 Å². The Morgan fingerprint density at radius 1 is 1.03 bits per heavy atom. The SMILES string of the molecule is CC(C)Oc1ccc(NCC(=O)N2CCN(C/C=C/c3ccccc3)CC2)cc1. The Labute approximate surface area is 174 Å². The lowest BCUT2D eigenvalue weighted by Gasteiger charge is -2.34. The van der Waals surface area contributed by atoms with Gasteiger partial charge in [-0.3, -0.25) is 9.69 Å². The maximum Gasteiger partial charge on any atom is 0.241 e. The zero-order valence-corrected chi connectivity index (χ0v) is 17.4. The first-order valence-electron chi connectivity index (χ1n) is 10.3. The maximum atomic E-state index is 12.5. The molecule has 1 amide bonds. The van der Waals surface area contributed by atoms with Crippen molar-refractivity contribution in [3.05, 3.63) is 66.2 Å². The van der Waals surface area contributed by atoms with Crippen molar-refractivity contribution in [3.8, 4) is 5.75 Å². The monoisotopic (exact) mass is 393 g/mol. The van der Waals surface area contributed by atoms with Crippen molar-refractivity contribution in [3.63, 3.8) is 0 Å². The molecule has 2 aromatic carbocycles. The number of rotatable bonds is 8. The van der Waals surface area contributed by atoms with Crippen LogP contribution in [0.25, 0.3) is 6.08 Å². The van der Waals surface area contributed by atoms with Crippen molar-refractivity contribution in [2.24, 2.45) is 0 Å². The van der Waals surface area contributed by atoms with E-state index in [1.54, 1.807) is 0 Å². The van der Waals surface area contributed by atoms with Gasteiger partial charge in [0.25, 0.3) is 0 Å². The number of nitrogens with zero attached hydrogens (tertiary/aromatic N) is 2. The molecule has 29 heavy (non-hydrogen) atoms. The molecule has 2 aromatic rings.